The molecule has 1 aromatic rings. The summed E-state index contributed by atoms with van der Waals surface area (Å²) in [7, 11) is 1.41. The second-order valence-corrected chi connectivity index (χ2v) is 4.68. The lowest BCUT2D eigenvalue weighted by molar-refractivity contribution is -0.147. The van der Waals surface area contributed by atoms with E-state index in [0.717, 1.165) is 6.07 Å². The SMILES string of the molecule is CCOC(=O)C(C(=O)c1ccc(OC)cc1F)C(C)C. The Bertz CT molecular complexity index is 497. The first-order chi connectivity index (χ1) is 9.42. The molecule has 4 nitrogen and oxygen atoms in total. The van der Waals surface area contributed by atoms with Crippen LogP contribution in [0.3, 0.4) is 0 Å². The normalized spacial score (nSPS) is 12.1. The van der Waals surface area contributed by atoms with Crippen LogP contribution in [0.2, 0.25) is 0 Å². The van der Waals surface area contributed by atoms with Crippen molar-refractivity contribution in [2.45, 2.75) is 20.8 Å². The van der Waals surface area contributed by atoms with E-state index in [4.69, 9.17) is 9.47 Å². The summed E-state index contributed by atoms with van der Waals surface area (Å²) >= 11 is 0. The lowest BCUT2D eigenvalue weighted by Gasteiger charge is -2.18. The standard InChI is InChI=1S/C15H19FO4/c1-5-20-15(18)13(9(2)3)14(17)11-7-6-10(19-4)8-12(11)16/h6-9,13H,5H2,1-4H3. The van der Waals surface area contributed by atoms with Crippen molar-refractivity contribution in [2.24, 2.45) is 11.8 Å². The van der Waals surface area contributed by atoms with Crippen LogP contribution >= 0.6 is 0 Å². The fourth-order valence-electron chi connectivity index (χ4n) is 1.90. The molecule has 0 aromatic heterocycles. The van der Waals surface area contributed by atoms with Gasteiger partial charge >= 0.3 is 5.97 Å². The highest BCUT2D eigenvalue weighted by molar-refractivity contribution is 6.09. The van der Waals surface area contributed by atoms with E-state index in [1.807, 2.05) is 0 Å². The highest BCUT2D eigenvalue weighted by Crippen LogP contribution is 2.23. The Kier molecular flexibility index (Phi) is 5.67. The van der Waals surface area contributed by atoms with Crippen molar-refractivity contribution in [3.05, 3.63) is 29.6 Å². The molecule has 0 aliphatic carbocycles. The first-order valence-electron chi connectivity index (χ1n) is 6.46. The van der Waals surface area contributed by atoms with Crippen molar-refractivity contribution in [1.29, 1.82) is 0 Å². The average molecular weight is 282 g/mol. The van der Waals surface area contributed by atoms with Crippen LogP contribution in [0, 0.1) is 17.7 Å². The van der Waals surface area contributed by atoms with E-state index in [1.54, 1.807) is 20.8 Å². The average Bonchev–Trinajstić information content (AvgIpc) is 2.38. The van der Waals surface area contributed by atoms with E-state index >= 15 is 0 Å². The van der Waals surface area contributed by atoms with Gasteiger partial charge in [-0.25, -0.2) is 4.39 Å². The van der Waals surface area contributed by atoms with Gasteiger partial charge in [-0.3, -0.25) is 9.59 Å². The minimum absolute atomic E-state index is 0.127. The molecule has 110 valence electrons. The maximum atomic E-state index is 13.9. The molecule has 1 aromatic carbocycles. The molecule has 5 heteroatoms. The number of halogens is 1. The quantitative estimate of drug-likeness (QED) is 0.457. The van der Waals surface area contributed by atoms with Crippen molar-refractivity contribution in [3.8, 4) is 5.75 Å². The van der Waals surface area contributed by atoms with Crippen LogP contribution in [0.1, 0.15) is 31.1 Å². The molecule has 0 bridgehead atoms. The summed E-state index contributed by atoms with van der Waals surface area (Å²) in [5.41, 5.74) is -0.127. The lowest BCUT2D eigenvalue weighted by Crippen LogP contribution is -2.31. The van der Waals surface area contributed by atoms with E-state index in [2.05, 4.69) is 0 Å². The van der Waals surface area contributed by atoms with E-state index in [1.165, 1.54) is 19.2 Å². The Morgan fingerprint density at radius 3 is 2.40 bits per heavy atom. The zero-order chi connectivity index (χ0) is 15.3. The number of esters is 1. The molecular formula is C15H19FO4. The summed E-state index contributed by atoms with van der Waals surface area (Å²) in [5, 5.41) is 0. The number of hydrogen-bond acceptors (Lipinski definition) is 4. The van der Waals surface area contributed by atoms with Gasteiger partial charge in [0.1, 0.15) is 17.5 Å². The molecule has 0 saturated carbocycles. The molecule has 0 saturated heterocycles. The highest BCUT2D eigenvalue weighted by Gasteiger charge is 2.33. The summed E-state index contributed by atoms with van der Waals surface area (Å²) in [5.74, 6) is -2.86. The number of carbonyl (C=O) groups excluding carboxylic acids is 2. The summed E-state index contributed by atoms with van der Waals surface area (Å²) < 4.78 is 23.7. The Morgan fingerprint density at radius 2 is 1.95 bits per heavy atom. The largest absolute Gasteiger partial charge is 0.497 e. The van der Waals surface area contributed by atoms with Crippen molar-refractivity contribution in [1.82, 2.24) is 0 Å². The number of methoxy groups -OCH3 is 1. The maximum absolute atomic E-state index is 13.9. The Labute approximate surface area is 117 Å². The highest BCUT2D eigenvalue weighted by atomic mass is 19.1. The summed E-state index contributed by atoms with van der Waals surface area (Å²) in [4.78, 5) is 24.2. The monoisotopic (exact) mass is 282 g/mol. The molecule has 0 fully saturated rings. The number of benzene rings is 1. The fraction of sp³-hybridized carbons (Fsp3) is 0.467. The predicted octanol–water partition coefficient (Wildman–Crippen LogP) is 2.85. The number of hydrogen-bond donors (Lipinski definition) is 0. The van der Waals surface area contributed by atoms with Gasteiger partial charge in [0.05, 0.1) is 19.3 Å². The van der Waals surface area contributed by atoms with Crippen molar-refractivity contribution < 1.29 is 23.5 Å². The summed E-state index contributed by atoms with van der Waals surface area (Å²) in [6.07, 6.45) is 0. The van der Waals surface area contributed by atoms with Gasteiger partial charge < -0.3 is 9.47 Å². The van der Waals surface area contributed by atoms with E-state index in [0.29, 0.717) is 5.75 Å². The third kappa shape index (κ3) is 3.56. The molecule has 1 atom stereocenters. The predicted molar refractivity (Wildman–Crippen MR) is 72.2 cm³/mol. The van der Waals surface area contributed by atoms with Gasteiger partial charge in [0.25, 0.3) is 0 Å². The van der Waals surface area contributed by atoms with Crippen LogP contribution in [0.15, 0.2) is 18.2 Å². The van der Waals surface area contributed by atoms with E-state index in [9.17, 15) is 14.0 Å². The van der Waals surface area contributed by atoms with E-state index < -0.39 is 23.5 Å². The van der Waals surface area contributed by atoms with Crippen molar-refractivity contribution in [2.75, 3.05) is 13.7 Å². The van der Waals surface area contributed by atoms with Gasteiger partial charge in [0, 0.05) is 6.07 Å². The van der Waals surface area contributed by atoms with Crippen molar-refractivity contribution >= 4 is 11.8 Å². The third-order valence-electron chi connectivity index (χ3n) is 2.93. The molecule has 0 aliphatic heterocycles. The summed E-state index contributed by atoms with van der Waals surface area (Å²) in [6.45, 7) is 5.29. The topological polar surface area (TPSA) is 52.6 Å². The first-order valence-corrected chi connectivity index (χ1v) is 6.46. The lowest BCUT2D eigenvalue weighted by atomic mass is 9.87. The molecule has 0 amide bonds. The number of rotatable bonds is 6. The van der Waals surface area contributed by atoms with Gasteiger partial charge in [0.2, 0.25) is 0 Å². The maximum Gasteiger partial charge on any atom is 0.317 e. The van der Waals surface area contributed by atoms with Crippen LogP contribution in [-0.4, -0.2) is 25.5 Å². The molecule has 0 N–H and O–H groups in total. The number of ketones is 1. The number of ether oxygens (including phenoxy) is 2. The molecule has 0 spiro atoms. The summed E-state index contributed by atoms with van der Waals surface area (Å²) in [6, 6.07) is 3.93. The van der Waals surface area contributed by atoms with E-state index in [-0.39, 0.29) is 18.1 Å². The Morgan fingerprint density at radius 1 is 1.30 bits per heavy atom. The molecule has 0 aliphatic rings. The fourth-order valence-corrected chi connectivity index (χ4v) is 1.90. The molecule has 20 heavy (non-hydrogen) atoms. The van der Waals surface area contributed by atoms with Crippen LogP contribution < -0.4 is 4.74 Å². The number of Topliss-reactive ketones (excluding diaryl/α,β-unsaturated/α-hetero) is 1. The Hall–Kier alpha value is -1.91. The molecule has 1 unspecified atom stereocenters. The van der Waals surface area contributed by atoms with Crippen LogP contribution in [0.25, 0.3) is 0 Å². The first kappa shape index (κ1) is 16.1. The minimum Gasteiger partial charge on any atom is -0.497 e. The van der Waals surface area contributed by atoms with Gasteiger partial charge in [-0.05, 0) is 25.0 Å². The molecule has 0 radical (unpaired) electrons. The second kappa shape index (κ2) is 7.03. The minimum atomic E-state index is -1.00. The van der Waals surface area contributed by atoms with Crippen LogP contribution in [-0.2, 0) is 9.53 Å². The van der Waals surface area contributed by atoms with Gasteiger partial charge in [0.15, 0.2) is 5.78 Å². The zero-order valence-corrected chi connectivity index (χ0v) is 12.1. The van der Waals surface area contributed by atoms with Crippen LogP contribution in [0.4, 0.5) is 4.39 Å². The third-order valence-corrected chi connectivity index (χ3v) is 2.93. The second-order valence-electron chi connectivity index (χ2n) is 4.68. The smallest absolute Gasteiger partial charge is 0.317 e. The zero-order valence-electron chi connectivity index (χ0n) is 12.1. The molecular weight excluding hydrogens is 263 g/mol. The molecule has 1 rings (SSSR count). The van der Waals surface area contributed by atoms with Gasteiger partial charge in [-0.15, -0.1) is 0 Å². The van der Waals surface area contributed by atoms with Gasteiger partial charge in [-0.2, -0.15) is 0 Å². The van der Waals surface area contributed by atoms with Gasteiger partial charge in [-0.1, -0.05) is 13.8 Å². The Balaban J connectivity index is 3.10. The van der Waals surface area contributed by atoms with Crippen LogP contribution in [0.5, 0.6) is 5.75 Å². The molecule has 0 heterocycles. The number of carbonyl (C=O) groups is 2. The van der Waals surface area contributed by atoms with Crippen molar-refractivity contribution in [3.63, 3.8) is 0 Å².